The molecule has 0 radical (unpaired) electrons. The molecule has 2 aliphatic rings. The molecule has 1 aliphatic heterocycles. The third kappa shape index (κ3) is 1.68. The van der Waals surface area contributed by atoms with Crippen molar-refractivity contribution < 1.29 is 22.3 Å². The Labute approximate surface area is 87.6 Å². The molecule has 15 heavy (non-hydrogen) atoms. The third-order valence-electron chi connectivity index (χ3n) is 2.50. The van der Waals surface area contributed by atoms with Gasteiger partial charge in [-0.05, 0) is 25.7 Å². The van der Waals surface area contributed by atoms with Gasteiger partial charge in [0.05, 0.1) is 0 Å². The van der Waals surface area contributed by atoms with E-state index >= 15 is 0 Å². The summed E-state index contributed by atoms with van der Waals surface area (Å²) < 4.78 is 24.8. The summed E-state index contributed by atoms with van der Waals surface area (Å²) in [6, 6.07) is 0. The Balaban J connectivity index is 2.29. The zero-order chi connectivity index (χ0) is 11.0. The van der Waals surface area contributed by atoms with Gasteiger partial charge in [-0.3, -0.25) is 9.59 Å². The van der Waals surface area contributed by atoms with Crippen LogP contribution in [0, 0.1) is 0 Å². The highest BCUT2D eigenvalue weighted by molar-refractivity contribution is 7.67. The second-order valence-corrected chi connectivity index (χ2v) is 3.98. The minimum absolute atomic E-state index is 0.335. The van der Waals surface area contributed by atoms with Crippen molar-refractivity contribution in [1.29, 1.82) is 0 Å². The van der Waals surface area contributed by atoms with E-state index in [1.807, 2.05) is 0 Å². The Morgan fingerprint density at radius 1 is 1.00 bits per heavy atom. The number of imide groups is 1. The van der Waals surface area contributed by atoms with Crippen molar-refractivity contribution in [3.63, 3.8) is 0 Å². The molecular formula is C8H9NO5S. The number of rotatable bonds is 2. The molecule has 0 aromatic carbocycles. The van der Waals surface area contributed by atoms with Gasteiger partial charge in [-0.15, -0.1) is 9.35 Å². The zero-order valence-electron chi connectivity index (χ0n) is 7.76. The summed E-state index contributed by atoms with van der Waals surface area (Å²) in [5.74, 6) is -1.26. The van der Waals surface area contributed by atoms with Gasteiger partial charge in [-0.1, -0.05) is 0 Å². The minimum atomic E-state index is -3.23. The van der Waals surface area contributed by atoms with Gasteiger partial charge in [0.15, 0.2) is 0 Å². The average molecular weight is 231 g/mol. The maximum Gasteiger partial charge on any atom is 0.282 e. The lowest BCUT2D eigenvalue weighted by Crippen LogP contribution is -2.31. The summed E-state index contributed by atoms with van der Waals surface area (Å²) in [5.41, 5.74) is 0.811. The standard InChI is InChI=1S/C8H9NO5S/c10-7-5-3-1-2-4-6(5)8(11)9(7)14-15(12)13/h15H,1-4H2. The molecule has 2 rings (SSSR count). The van der Waals surface area contributed by atoms with Gasteiger partial charge >= 0.3 is 0 Å². The first kappa shape index (κ1) is 10.3. The smallest absolute Gasteiger partial charge is 0.267 e. The fourth-order valence-electron chi connectivity index (χ4n) is 1.86. The number of nitrogens with zero attached hydrogens (tertiary/aromatic N) is 1. The van der Waals surface area contributed by atoms with E-state index in [-0.39, 0.29) is 0 Å². The van der Waals surface area contributed by atoms with E-state index in [0.29, 0.717) is 29.1 Å². The van der Waals surface area contributed by atoms with E-state index in [1.165, 1.54) is 0 Å². The topological polar surface area (TPSA) is 80.8 Å². The lowest BCUT2D eigenvalue weighted by molar-refractivity contribution is -0.162. The Morgan fingerprint density at radius 2 is 1.47 bits per heavy atom. The molecule has 0 aromatic heterocycles. The van der Waals surface area contributed by atoms with Crippen LogP contribution in [0.2, 0.25) is 0 Å². The molecule has 1 heterocycles. The van der Waals surface area contributed by atoms with Crippen LogP contribution in [0.25, 0.3) is 0 Å². The molecule has 0 atom stereocenters. The van der Waals surface area contributed by atoms with Crippen molar-refractivity contribution >= 4 is 22.8 Å². The summed E-state index contributed by atoms with van der Waals surface area (Å²) in [4.78, 5) is 23.1. The fourth-order valence-corrected chi connectivity index (χ4v) is 2.14. The summed E-state index contributed by atoms with van der Waals surface area (Å²) in [6.45, 7) is 0. The van der Waals surface area contributed by atoms with E-state index < -0.39 is 22.8 Å². The van der Waals surface area contributed by atoms with Crippen LogP contribution in [-0.2, 0) is 24.9 Å². The van der Waals surface area contributed by atoms with Gasteiger partial charge in [0, 0.05) is 11.1 Å². The molecule has 82 valence electrons. The largest absolute Gasteiger partial charge is 0.282 e. The van der Waals surface area contributed by atoms with Crippen LogP contribution in [-0.4, -0.2) is 25.3 Å². The molecule has 6 nitrogen and oxygen atoms in total. The van der Waals surface area contributed by atoms with E-state index in [2.05, 4.69) is 4.28 Å². The quantitative estimate of drug-likeness (QED) is 0.520. The summed E-state index contributed by atoms with van der Waals surface area (Å²) in [5, 5.41) is 0.335. The van der Waals surface area contributed by atoms with E-state index in [4.69, 9.17) is 0 Å². The van der Waals surface area contributed by atoms with Crippen molar-refractivity contribution in [3.05, 3.63) is 11.1 Å². The minimum Gasteiger partial charge on any atom is -0.267 e. The molecule has 0 aromatic rings. The molecule has 0 bridgehead atoms. The van der Waals surface area contributed by atoms with Crippen LogP contribution in [0.15, 0.2) is 11.1 Å². The number of carbonyl (C=O) groups excluding carboxylic acids is 2. The Morgan fingerprint density at radius 3 is 1.87 bits per heavy atom. The predicted octanol–water partition coefficient (Wildman–Crippen LogP) is -0.316. The van der Waals surface area contributed by atoms with Crippen LogP contribution in [0.4, 0.5) is 0 Å². The second kappa shape index (κ2) is 3.74. The maximum atomic E-state index is 11.5. The van der Waals surface area contributed by atoms with Crippen molar-refractivity contribution in [1.82, 2.24) is 5.06 Å². The fraction of sp³-hybridized carbons (Fsp3) is 0.500. The third-order valence-corrected chi connectivity index (χ3v) is 2.80. The molecule has 0 spiro atoms. The Hall–Kier alpha value is -1.21. The van der Waals surface area contributed by atoms with Crippen molar-refractivity contribution in [3.8, 4) is 0 Å². The second-order valence-electron chi connectivity index (χ2n) is 3.37. The molecular weight excluding hydrogens is 222 g/mol. The van der Waals surface area contributed by atoms with E-state index in [1.54, 1.807) is 0 Å². The number of amides is 2. The number of carbonyl (C=O) groups is 2. The van der Waals surface area contributed by atoms with Gasteiger partial charge in [0.2, 0.25) is 0 Å². The van der Waals surface area contributed by atoms with Crippen LogP contribution in [0.1, 0.15) is 25.7 Å². The highest BCUT2D eigenvalue weighted by Crippen LogP contribution is 2.32. The monoisotopic (exact) mass is 231 g/mol. The van der Waals surface area contributed by atoms with Gasteiger partial charge in [-0.25, -0.2) is 8.42 Å². The number of hydrogen-bond donors (Lipinski definition) is 1. The summed E-state index contributed by atoms with van der Waals surface area (Å²) in [6.07, 6.45) is 2.73. The SMILES string of the molecule is O=C1C2=C(CCCC2)C(=O)N1O[SH](=O)=O. The number of hydroxylamine groups is 2. The molecule has 0 fully saturated rings. The lowest BCUT2D eigenvalue weighted by Gasteiger charge is -2.08. The first-order chi connectivity index (χ1) is 7.11. The Kier molecular flexibility index (Phi) is 2.57. The molecule has 0 saturated carbocycles. The average Bonchev–Trinajstić information content (AvgIpc) is 2.44. The van der Waals surface area contributed by atoms with Crippen LogP contribution >= 0.6 is 0 Å². The molecule has 0 N–H and O–H groups in total. The van der Waals surface area contributed by atoms with Crippen molar-refractivity contribution in [2.75, 3.05) is 0 Å². The summed E-state index contributed by atoms with van der Waals surface area (Å²) >= 11 is 0. The van der Waals surface area contributed by atoms with Crippen LogP contribution in [0.5, 0.6) is 0 Å². The maximum absolute atomic E-state index is 11.5. The molecule has 0 saturated heterocycles. The lowest BCUT2D eigenvalue weighted by atomic mass is 9.93. The predicted molar refractivity (Wildman–Crippen MR) is 48.7 cm³/mol. The van der Waals surface area contributed by atoms with Crippen LogP contribution < -0.4 is 0 Å². The van der Waals surface area contributed by atoms with Gasteiger partial charge < -0.3 is 0 Å². The molecule has 2 amide bonds. The molecule has 0 unspecified atom stereocenters. The highest BCUT2D eigenvalue weighted by atomic mass is 32.2. The van der Waals surface area contributed by atoms with Crippen LogP contribution in [0.3, 0.4) is 0 Å². The Bertz CT molecular complexity index is 400. The summed E-state index contributed by atoms with van der Waals surface area (Å²) in [7, 11) is -3.23. The first-order valence-corrected chi connectivity index (χ1v) is 5.64. The normalized spacial score (nSPS) is 21.5. The zero-order valence-corrected chi connectivity index (χ0v) is 8.66. The number of thiol groups is 1. The van der Waals surface area contributed by atoms with Gasteiger partial charge in [0.1, 0.15) is 0 Å². The van der Waals surface area contributed by atoms with Gasteiger partial charge in [-0.2, -0.15) is 0 Å². The first-order valence-electron chi connectivity index (χ1n) is 4.54. The van der Waals surface area contributed by atoms with E-state index in [0.717, 1.165) is 12.8 Å². The molecule has 7 heteroatoms. The number of hydrogen-bond acceptors (Lipinski definition) is 5. The van der Waals surface area contributed by atoms with E-state index in [9.17, 15) is 18.0 Å². The van der Waals surface area contributed by atoms with Gasteiger partial charge in [0.25, 0.3) is 22.8 Å². The molecule has 1 aliphatic carbocycles. The van der Waals surface area contributed by atoms with Crippen molar-refractivity contribution in [2.24, 2.45) is 0 Å². The van der Waals surface area contributed by atoms with Crippen molar-refractivity contribution in [2.45, 2.75) is 25.7 Å². The highest BCUT2D eigenvalue weighted by Gasteiger charge is 2.40.